The Labute approximate surface area is 152 Å². The Morgan fingerprint density at radius 3 is 1.83 bits per heavy atom. The minimum atomic E-state index is -1.30. The minimum absolute atomic E-state index is 0.134. The summed E-state index contributed by atoms with van der Waals surface area (Å²) in [5.41, 5.74) is 1.88. The Morgan fingerprint density at radius 2 is 1.54 bits per heavy atom. The molecule has 24 heavy (non-hydrogen) atoms. The molecule has 1 saturated heterocycles. The first-order valence-corrected chi connectivity index (χ1v) is 12.5. The van der Waals surface area contributed by atoms with Crippen LogP contribution in [-0.4, -0.2) is 20.8 Å². The molecule has 140 valence electrons. The van der Waals surface area contributed by atoms with Gasteiger partial charge in [0.2, 0.25) is 0 Å². The van der Waals surface area contributed by atoms with Gasteiger partial charge in [-0.2, -0.15) is 0 Å². The summed E-state index contributed by atoms with van der Waals surface area (Å²) in [6.07, 6.45) is 5.42. The molecule has 3 aliphatic rings. The molecule has 3 fully saturated rings. The first kappa shape index (κ1) is 19.0. The van der Waals surface area contributed by atoms with Crippen LogP contribution < -0.4 is 0 Å². The zero-order chi connectivity index (χ0) is 18.4. The molecular weight excluding hydrogens is 308 g/mol. The van der Waals surface area contributed by atoms with E-state index in [-0.39, 0.29) is 5.60 Å². The SMILES string of the molecule is CO[C@]1(C[C@@H]2C[Si]2(C(C)(C)C)C(C)(C)C)C[C@H]2CC[C@]1(C)C2(C)C. The normalized spacial score (nSPS) is 43.2. The lowest BCUT2D eigenvalue weighted by Gasteiger charge is -2.49. The molecule has 0 amide bonds. The van der Waals surface area contributed by atoms with Crippen LogP contribution in [0.2, 0.25) is 21.7 Å². The fourth-order valence-corrected chi connectivity index (χ4v) is 16.0. The quantitative estimate of drug-likeness (QED) is 0.496. The molecule has 0 spiro atoms. The lowest BCUT2D eigenvalue weighted by Crippen LogP contribution is -2.50. The first-order chi connectivity index (χ1) is 10.7. The van der Waals surface area contributed by atoms with Crippen LogP contribution >= 0.6 is 0 Å². The van der Waals surface area contributed by atoms with Gasteiger partial charge in [-0.3, -0.25) is 0 Å². The van der Waals surface area contributed by atoms with E-state index >= 15 is 0 Å². The fraction of sp³-hybridized carbons (Fsp3) is 1.00. The van der Waals surface area contributed by atoms with Crippen LogP contribution in [0.1, 0.15) is 88.0 Å². The molecule has 0 N–H and O–H groups in total. The molecule has 3 rings (SSSR count). The Hall–Kier alpha value is 0.177. The Morgan fingerprint density at radius 1 is 1.00 bits per heavy atom. The van der Waals surface area contributed by atoms with Gasteiger partial charge >= 0.3 is 0 Å². The van der Waals surface area contributed by atoms with Crippen molar-refractivity contribution < 1.29 is 4.74 Å². The number of methoxy groups -OCH3 is 1. The number of hydrogen-bond acceptors (Lipinski definition) is 1. The highest BCUT2D eigenvalue weighted by molar-refractivity contribution is 6.95. The average Bonchev–Trinajstić information content (AvgIpc) is 3.07. The molecule has 1 nitrogen and oxygen atoms in total. The smallest absolute Gasteiger partial charge is 0.0739 e. The van der Waals surface area contributed by atoms with Gasteiger partial charge in [0.1, 0.15) is 0 Å². The number of fused-ring (bicyclic) bond motifs is 2. The van der Waals surface area contributed by atoms with Crippen molar-refractivity contribution >= 4 is 8.07 Å². The summed E-state index contributed by atoms with van der Waals surface area (Å²) in [7, 11) is 0.712. The summed E-state index contributed by atoms with van der Waals surface area (Å²) in [4.78, 5) is 0. The summed E-state index contributed by atoms with van der Waals surface area (Å²) in [5.74, 6) is 0.863. The van der Waals surface area contributed by atoms with Gasteiger partial charge < -0.3 is 4.74 Å². The van der Waals surface area contributed by atoms with Crippen LogP contribution in [0.25, 0.3) is 0 Å². The number of hydrogen-bond donors (Lipinski definition) is 0. The largest absolute Gasteiger partial charge is 0.378 e. The van der Waals surface area contributed by atoms with Gasteiger partial charge in [0.05, 0.1) is 13.7 Å². The highest BCUT2D eigenvalue weighted by Crippen LogP contribution is 2.78. The van der Waals surface area contributed by atoms with Gasteiger partial charge in [0.15, 0.2) is 0 Å². The summed E-state index contributed by atoms with van der Waals surface area (Å²) >= 11 is 0. The highest BCUT2D eigenvalue weighted by atomic mass is 28.3. The minimum Gasteiger partial charge on any atom is -0.378 e. The standard InChI is InChI=1S/C22H42OSi/c1-18(2,3)24(19(4,5)6)15-17(24)14-22(23-10)13-16-11-12-21(22,9)20(16,7)8/h16-17H,11-15H2,1-10H3/t16-,17-,21-,22+/m1/s1. The van der Waals surface area contributed by atoms with Crippen LogP contribution in [0.15, 0.2) is 0 Å². The van der Waals surface area contributed by atoms with Crippen molar-refractivity contribution in [3.8, 4) is 0 Å². The third-order valence-corrected chi connectivity index (χ3v) is 17.5. The lowest BCUT2D eigenvalue weighted by atomic mass is 9.63. The first-order valence-electron chi connectivity index (χ1n) is 10.2. The van der Waals surface area contributed by atoms with E-state index in [1.54, 1.807) is 0 Å². The van der Waals surface area contributed by atoms with Gasteiger partial charge in [-0.15, -0.1) is 0 Å². The van der Waals surface area contributed by atoms with E-state index < -0.39 is 8.07 Å². The summed E-state index contributed by atoms with van der Waals surface area (Å²) in [5, 5.41) is 0.998. The molecule has 1 aliphatic heterocycles. The predicted octanol–water partition coefficient (Wildman–Crippen LogP) is 7.04. The molecule has 2 saturated carbocycles. The van der Waals surface area contributed by atoms with Crippen molar-refractivity contribution in [2.75, 3.05) is 7.11 Å². The molecular formula is C22H42OSi. The monoisotopic (exact) mass is 350 g/mol. The molecule has 2 bridgehead atoms. The Bertz CT molecular complexity index is 509. The molecule has 0 aromatic carbocycles. The van der Waals surface area contributed by atoms with E-state index in [4.69, 9.17) is 4.74 Å². The van der Waals surface area contributed by atoms with Gasteiger partial charge in [-0.25, -0.2) is 0 Å². The summed E-state index contributed by atoms with van der Waals surface area (Å²) in [6.45, 7) is 22.8. The van der Waals surface area contributed by atoms with Crippen molar-refractivity contribution in [3.63, 3.8) is 0 Å². The molecule has 4 atom stereocenters. The predicted molar refractivity (Wildman–Crippen MR) is 107 cm³/mol. The summed E-state index contributed by atoms with van der Waals surface area (Å²) in [6, 6.07) is 1.52. The molecule has 0 aromatic heterocycles. The number of rotatable bonds is 3. The average molecular weight is 351 g/mol. The van der Waals surface area contributed by atoms with Crippen molar-refractivity contribution in [1.29, 1.82) is 0 Å². The molecule has 2 heteroatoms. The Kier molecular flexibility index (Phi) is 3.88. The van der Waals surface area contributed by atoms with Crippen LogP contribution in [0.3, 0.4) is 0 Å². The van der Waals surface area contributed by atoms with Gasteiger partial charge in [-0.1, -0.05) is 68.4 Å². The maximum Gasteiger partial charge on any atom is 0.0739 e. The molecule has 0 radical (unpaired) electrons. The molecule has 2 aliphatic carbocycles. The highest BCUT2D eigenvalue weighted by Gasteiger charge is 2.74. The fourth-order valence-electron chi connectivity index (χ4n) is 8.03. The second-order valence-electron chi connectivity index (χ2n) is 12.3. The van der Waals surface area contributed by atoms with E-state index in [9.17, 15) is 0 Å². The molecule has 0 unspecified atom stereocenters. The maximum atomic E-state index is 6.46. The van der Waals surface area contributed by atoms with Crippen LogP contribution in [0, 0.1) is 16.7 Å². The summed E-state index contributed by atoms with van der Waals surface area (Å²) < 4.78 is 6.46. The molecule has 0 aromatic rings. The van der Waals surface area contributed by atoms with Crippen molar-refractivity contribution in [2.24, 2.45) is 16.7 Å². The van der Waals surface area contributed by atoms with Gasteiger partial charge in [0, 0.05) is 12.5 Å². The Balaban J connectivity index is 1.92. The second kappa shape index (κ2) is 4.91. The van der Waals surface area contributed by atoms with Gasteiger partial charge in [0.25, 0.3) is 0 Å². The van der Waals surface area contributed by atoms with Crippen molar-refractivity contribution in [3.05, 3.63) is 0 Å². The van der Waals surface area contributed by atoms with Crippen molar-refractivity contribution in [1.82, 2.24) is 0 Å². The lowest BCUT2D eigenvalue weighted by molar-refractivity contribution is -0.121. The zero-order valence-electron chi connectivity index (χ0n) is 18.1. The zero-order valence-corrected chi connectivity index (χ0v) is 19.1. The topological polar surface area (TPSA) is 9.23 Å². The van der Waals surface area contributed by atoms with E-state index in [0.29, 0.717) is 20.9 Å². The van der Waals surface area contributed by atoms with Gasteiger partial charge in [-0.05, 0) is 52.6 Å². The van der Waals surface area contributed by atoms with Crippen LogP contribution in [0.5, 0.6) is 0 Å². The van der Waals surface area contributed by atoms with E-state index in [2.05, 4.69) is 62.3 Å². The van der Waals surface area contributed by atoms with Crippen LogP contribution in [0.4, 0.5) is 0 Å². The van der Waals surface area contributed by atoms with Crippen LogP contribution in [-0.2, 0) is 4.74 Å². The van der Waals surface area contributed by atoms with Crippen molar-refractivity contribution in [2.45, 2.75) is 115 Å². The third kappa shape index (κ3) is 2.02. The van der Waals surface area contributed by atoms with E-state index in [1.165, 1.54) is 31.7 Å². The van der Waals surface area contributed by atoms with E-state index in [1.807, 2.05) is 7.11 Å². The maximum absolute atomic E-state index is 6.46. The van der Waals surface area contributed by atoms with E-state index in [0.717, 1.165) is 11.5 Å². The second-order valence-corrected chi connectivity index (χ2v) is 18.4. The third-order valence-electron chi connectivity index (χ3n) is 9.77. The molecule has 1 heterocycles. The number of ether oxygens (including phenoxy) is 1.